The molecule has 3 atom stereocenters. The molecule has 1 spiro atoms. The molecule has 5 nitrogen and oxygen atoms in total. The van der Waals surface area contributed by atoms with Crippen LogP contribution in [0.4, 0.5) is 22.4 Å². The summed E-state index contributed by atoms with van der Waals surface area (Å²) in [5, 5.41) is 0. The first-order valence-electron chi connectivity index (χ1n) is 11.4. The SMILES string of the molecule is CC(C)(C)OC(=O)N1CC2(CC2)[C@H](NS(=O)CF)[C@@H]1Cc1cccc(-c2cc(F)cc(F)c2)c1F. The van der Waals surface area contributed by atoms with Crippen molar-refractivity contribution in [1.82, 2.24) is 9.62 Å². The van der Waals surface area contributed by atoms with Crippen molar-refractivity contribution in [2.45, 2.75) is 57.7 Å². The minimum atomic E-state index is -1.97. The molecular formula is C25H28F4N2O3S. The number of hydrogen-bond acceptors (Lipinski definition) is 3. The second kappa shape index (κ2) is 9.54. The van der Waals surface area contributed by atoms with Crippen LogP contribution in [0.1, 0.15) is 39.2 Å². The second-order valence-electron chi connectivity index (χ2n) is 10.2. The number of likely N-dealkylation sites (tertiary alicyclic amines) is 1. The fourth-order valence-electron chi connectivity index (χ4n) is 4.79. The van der Waals surface area contributed by atoms with E-state index in [1.54, 1.807) is 26.8 Å². The van der Waals surface area contributed by atoms with Gasteiger partial charge in [0.2, 0.25) is 0 Å². The van der Waals surface area contributed by atoms with E-state index in [9.17, 15) is 22.2 Å². The molecule has 2 aromatic carbocycles. The Morgan fingerprint density at radius 2 is 1.83 bits per heavy atom. The van der Waals surface area contributed by atoms with Crippen molar-refractivity contribution in [3.8, 4) is 11.1 Å². The number of rotatable bonds is 6. The number of hydrogen-bond donors (Lipinski definition) is 1. The van der Waals surface area contributed by atoms with Gasteiger partial charge in [-0.2, -0.15) is 0 Å². The van der Waals surface area contributed by atoms with Crippen molar-refractivity contribution in [3.05, 3.63) is 59.4 Å². The Hall–Kier alpha value is -2.46. The Morgan fingerprint density at radius 1 is 1.17 bits per heavy atom. The monoisotopic (exact) mass is 512 g/mol. The maximum atomic E-state index is 15.6. The van der Waals surface area contributed by atoms with Gasteiger partial charge in [0.25, 0.3) is 0 Å². The van der Waals surface area contributed by atoms with Crippen LogP contribution in [0.25, 0.3) is 11.1 Å². The summed E-state index contributed by atoms with van der Waals surface area (Å²) >= 11 is 0. The molecule has 1 aliphatic carbocycles. The van der Waals surface area contributed by atoms with E-state index in [1.165, 1.54) is 17.0 Å². The number of amides is 1. The van der Waals surface area contributed by atoms with Crippen LogP contribution in [-0.4, -0.2) is 45.4 Å². The molecule has 1 N–H and O–H groups in total. The molecule has 1 heterocycles. The van der Waals surface area contributed by atoms with E-state index in [0.29, 0.717) is 12.6 Å². The van der Waals surface area contributed by atoms with Gasteiger partial charge in [-0.05, 0) is 63.3 Å². The number of ether oxygens (including phenoxy) is 1. The van der Waals surface area contributed by atoms with Crippen LogP contribution in [0.3, 0.4) is 0 Å². The summed E-state index contributed by atoms with van der Waals surface area (Å²) < 4.78 is 76.7. The third-order valence-corrected chi connectivity index (χ3v) is 7.20. The topological polar surface area (TPSA) is 58.6 Å². The van der Waals surface area contributed by atoms with Crippen molar-refractivity contribution in [2.75, 3.05) is 12.6 Å². The van der Waals surface area contributed by atoms with E-state index in [0.717, 1.165) is 25.0 Å². The van der Waals surface area contributed by atoms with E-state index in [1.807, 2.05) is 0 Å². The Labute approximate surface area is 204 Å². The average Bonchev–Trinajstić information content (AvgIpc) is 3.47. The number of halogens is 4. The highest BCUT2D eigenvalue weighted by Gasteiger charge is 2.61. The van der Waals surface area contributed by atoms with Crippen LogP contribution < -0.4 is 4.72 Å². The lowest BCUT2D eigenvalue weighted by atomic mass is 9.91. The lowest BCUT2D eigenvalue weighted by Crippen LogP contribution is -2.49. The molecule has 2 fully saturated rings. The van der Waals surface area contributed by atoms with Gasteiger partial charge in [-0.25, -0.2) is 31.3 Å². The van der Waals surface area contributed by atoms with E-state index in [4.69, 9.17) is 4.74 Å². The molecule has 0 radical (unpaired) electrons. The van der Waals surface area contributed by atoms with Gasteiger partial charge >= 0.3 is 6.09 Å². The van der Waals surface area contributed by atoms with Crippen molar-refractivity contribution >= 4 is 17.1 Å². The lowest BCUT2D eigenvalue weighted by Gasteiger charge is -2.31. The fraction of sp³-hybridized carbons (Fsp3) is 0.480. The van der Waals surface area contributed by atoms with Crippen LogP contribution in [0.5, 0.6) is 0 Å². The van der Waals surface area contributed by atoms with Crippen molar-refractivity contribution in [2.24, 2.45) is 5.41 Å². The molecule has 1 amide bonds. The van der Waals surface area contributed by atoms with E-state index in [-0.39, 0.29) is 23.1 Å². The molecule has 1 unspecified atom stereocenters. The van der Waals surface area contributed by atoms with Crippen LogP contribution in [-0.2, 0) is 22.1 Å². The summed E-state index contributed by atoms with van der Waals surface area (Å²) in [7, 11) is -1.97. The standard InChI is InChI=1S/C25H28F4N2O3S/c1-24(2,3)34-23(32)31-13-25(7-8-25)22(30-35(33)14-26)20(31)11-15-5-4-6-19(21(15)29)16-9-17(27)12-18(28)10-16/h4-6,9-10,12,20,22,30H,7-8,11,13-14H2,1-3H3/t20-,22+,35?/m0/s1. The minimum absolute atomic E-state index is 0.0135. The first-order valence-corrected chi connectivity index (χ1v) is 12.7. The van der Waals surface area contributed by atoms with Gasteiger partial charge < -0.3 is 9.64 Å². The third-order valence-electron chi connectivity index (χ3n) is 6.49. The number of nitrogens with one attached hydrogen (secondary N) is 1. The quantitative estimate of drug-likeness (QED) is 0.537. The summed E-state index contributed by atoms with van der Waals surface area (Å²) in [5.41, 5.74) is -0.893. The smallest absolute Gasteiger partial charge is 0.410 e. The summed E-state index contributed by atoms with van der Waals surface area (Å²) in [6.45, 7) is 5.51. The predicted molar refractivity (Wildman–Crippen MR) is 125 cm³/mol. The molecule has 10 heteroatoms. The van der Waals surface area contributed by atoms with Crippen LogP contribution in [0.2, 0.25) is 0 Å². The second-order valence-corrected chi connectivity index (χ2v) is 11.4. The minimum Gasteiger partial charge on any atom is -0.444 e. The van der Waals surface area contributed by atoms with E-state index in [2.05, 4.69) is 4.72 Å². The van der Waals surface area contributed by atoms with Crippen LogP contribution >= 0.6 is 0 Å². The Balaban J connectivity index is 1.70. The Kier molecular flexibility index (Phi) is 6.98. The van der Waals surface area contributed by atoms with E-state index >= 15 is 4.39 Å². The van der Waals surface area contributed by atoms with Gasteiger partial charge in [-0.15, -0.1) is 0 Å². The van der Waals surface area contributed by atoms with Crippen molar-refractivity contribution < 1.29 is 31.3 Å². The fourth-order valence-corrected chi connectivity index (χ4v) is 5.55. The molecule has 0 bridgehead atoms. The van der Waals surface area contributed by atoms with Crippen molar-refractivity contribution in [1.29, 1.82) is 0 Å². The summed E-state index contributed by atoms with van der Waals surface area (Å²) in [5.74, 6) is -2.33. The highest BCUT2D eigenvalue weighted by Crippen LogP contribution is 2.55. The normalized spacial score (nSPS) is 21.9. The maximum absolute atomic E-state index is 15.6. The maximum Gasteiger partial charge on any atom is 0.410 e. The first kappa shape index (κ1) is 25.6. The van der Waals surface area contributed by atoms with E-state index < -0.39 is 63.6 Å². The molecular weight excluding hydrogens is 484 g/mol. The number of nitrogens with zero attached hydrogens (tertiary/aromatic N) is 1. The highest BCUT2D eigenvalue weighted by molar-refractivity contribution is 7.82. The number of carbonyl (C=O) groups excluding carboxylic acids is 1. The largest absolute Gasteiger partial charge is 0.444 e. The first-order chi connectivity index (χ1) is 16.4. The zero-order chi connectivity index (χ0) is 25.5. The number of alkyl halides is 1. The summed E-state index contributed by atoms with van der Waals surface area (Å²) in [6, 6.07) is 5.01. The van der Waals surface area contributed by atoms with Gasteiger partial charge in [-0.1, -0.05) is 18.2 Å². The van der Waals surface area contributed by atoms with Crippen LogP contribution in [0, 0.1) is 22.9 Å². The average molecular weight is 513 g/mol. The summed E-state index contributed by atoms with van der Waals surface area (Å²) in [6.07, 6.45) is 0.914. The molecule has 190 valence electrons. The highest BCUT2D eigenvalue weighted by atomic mass is 32.2. The summed E-state index contributed by atoms with van der Waals surface area (Å²) in [4.78, 5) is 14.6. The van der Waals surface area contributed by atoms with Gasteiger partial charge in [-0.3, -0.25) is 0 Å². The molecule has 1 aliphatic heterocycles. The molecule has 2 aliphatic rings. The Bertz CT molecular complexity index is 1130. The molecule has 2 aromatic rings. The van der Waals surface area contributed by atoms with Gasteiger partial charge in [0.05, 0.1) is 6.04 Å². The number of carbonyl (C=O) groups is 1. The zero-order valence-electron chi connectivity index (χ0n) is 19.7. The number of benzene rings is 2. The predicted octanol–water partition coefficient (Wildman–Crippen LogP) is 5.26. The zero-order valence-corrected chi connectivity index (χ0v) is 20.6. The third kappa shape index (κ3) is 5.53. The molecule has 4 rings (SSSR count). The lowest BCUT2D eigenvalue weighted by molar-refractivity contribution is 0.0213. The molecule has 0 aromatic heterocycles. The molecule has 1 saturated heterocycles. The Morgan fingerprint density at radius 3 is 2.40 bits per heavy atom. The van der Waals surface area contributed by atoms with Crippen LogP contribution in [0.15, 0.2) is 36.4 Å². The van der Waals surface area contributed by atoms with Gasteiger partial charge in [0.15, 0.2) is 6.01 Å². The van der Waals surface area contributed by atoms with Crippen molar-refractivity contribution in [3.63, 3.8) is 0 Å². The molecule has 35 heavy (non-hydrogen) atoms. The van der Waals surface area contributed by atoms with Gasteiger partial charge in [0, 0.05) is 29.6 Å². The van der Waals surface area contributed by atoms with Gasteiger partial charge in [0.1, 0.15) is 34.0 Å². The molecule has 1 saturated carbocycles.